The number of nitriles is 2. The molecule has 0 N–H and O–H groups in total. The Hall–Kier alpha value is -1.54. The van der Waals surface area contributed by atoms with Crippen molar-refractivity contribution in [2.75, 3.05) is 0 Å². The molecule has 0 amide bonds. The van der Waals surface area contributed by atoms with Gasteiger partial charge < -0.3 is 0 Å². The van der Waals surface area contributed by atoms with Crippen LogP contribution in [0.1, 0.15) is 45.4 Å². The second kappa shape index (κ2) is 6.92. The largest absolute Gasteiger partial charge is 0.192 e. The van der Waals surface area contributed by atoms with Gasteiger partial charge in [-0.05, 0) is 43.1 Å². The fourth-order valence-corrected chi connectivity index (χ4v) is 2.81. The Morgan fingerprint density at radius 2 is 2.18 bits per heavy atom. The highest BCUT2D eigenvalue weighted by atomic mass is 14.3. The van der Waals surface area contributed by atoms with Crippen molar-refractivity contribution in [1.29, 1.82) is 10.5 Å². The summed E-state index contributed by atoms with van der Waals surface area (Å²) < 4.78 is 0. The van der Waals surface area contributed by atoms with Crippen molar-refractivity contribution in [2.45, 2.75) is 45.4 Å². The molecule has 0 aliphatic heterocycles. The minimum Gasteiger partial charge on any atom is -0.192 e. The molecule has 2 nitrogen and oxygen atoms in total. The van der Waals surface area contributed by atoms with E-state index in [1.54, 1.807) is 0 Å². The standard InChI is InChI=1S/C15H20N2/c1-3-7-12(4-2)14-8-5-6-9-15(14)13(10-16)11-17/h4,12,14H,2-3,5-9H2,1H3/t12-,14-/m0/s1. The molecule has 0 aromatic rings. The molecule has 2 atom stereocenters. The van der Waals surface area contributed by atoms with E-state index in [-0.39, 0.29) is 0 Å². The predicted octanol–water partition coefficient (Wildman–Crippen LogP) is 4.12. The summed E-state index contributed by atoms with van der Waals surface area (Å²) in [4.78, 5) is 0. The number of hydrogen-bond donors (Lipinski definition) is 0. The second-order valence-electron chi connectivity index (χ2n) is 4.66. The van der Waals surface area contributed by atoms with E-state index in [1.807, 2.05) is 6.08 Å². The zero-order valence-corrected chi connectivity index (χ0v) is 10.6. The van der Waals surface area contributed by atoms with Gasteiger partial charge in [0.15, 0.2) is 0 Å². The molecule has 90 valence electrons. The van der Waals surface area contributed by atoms with Gasteiger partial charge in [-0.25, -0.2) is 0 Å². The Bertz CT molecular complexity index is 363. The van der Waals surface area contributed by atoms with E-state index in [2.05, 4.69) is 25.6 Å². The molecule has 1 fully saturated rings. The van der Waals surface area contributed by atoms with E-state index in [0.29, 0.717) is 17.4 Å². The Morgan fingerprint density at radius 3 is 2.71 bits per heavy atom. The molecule has 2 heteroatoms. The zero-order chi connectivity index (χ0) is 12.7. The van der Waals surface area contributed by atoms with Crippen LogP contribution in [0.3, 0.4) is 0 Å². The van der Waals surface area contributed by atoms with Crippen molar-refractivity contribution in [2.24, 2.45) is 11.8 Å². The lowest BCUT2D eigenvalue weighted by Gasteiger charge is -2.31. The molecule has 0 saturated heterocycles. The van der Waals surface area contributed by atoms with Crippen molar-refractivity contribution in [3.05, 3.63) is 23.8 Å². The maximum absolute atomic E-state index is 9.02. The van der Waals surface area contributed by atoms with Gasteiger partial charge in [-0.3, -0.25) is 0 Å². The summed E-state index contributed by atoms with van der Waals surface area (Å²) in [6.07, 6.45) is 8.54. The molecule has 0 heterocycles. The lowest BCUT2D eigenvalue weighted by molar-refractivity contribution is 0.346. The van der Waals surface area contributed by atoms with Crippen molar-refractivity contribution >= 4 is 0 Å². The van der Waals surface area contributed by atoms with Crippen LogP contribution in [0, 0.1) is 34.5 Å². The third kappa shape index (κ3) is 3.21. The molecule has 0 aromatic heterocycles. The van der Waals surface area contributed by atoms with Gasteiger partial charge in [0.2, 0.25) is 0 Å². The van der Waals surface area contributed by atoms with Crippen LogP contribution in [-0.2, 0) is 0 Å². The monoisotopic (exact) mass is 228 g/mol. The quantitative estimate of drug-likeness (QED) is 0.536. The molecule has 0 aromatic carbocycles. The Labute approximate surface area is 104 Å². The highest BCUT2D eigenvalue weighted by Crippen LogP contribution is 2.38. The second-order valence-corrected chi connectivity index (χ2v) is 4.66. The molecule has 0 radical (unpaired) electrons. The molecule has 0 bridgehead atoms. The summed E-state index contributed by atoms with van der Waals surface area (Å²) in [5.41, 5.74) is 1.43. The lowest BCUT2D eigenvalue weighted by atomic mass is 9.73. The molecular weight excluding hydrogens is 208 g/mol. The third-order valence-electron chi connectivity index (χ3n) is 3.65. The number of rotatable bonds is 4. The average Bonchev–Trinajstić information content (AvgIpc) is 2.38. The van der Waals surface area contributed by atoms with Crippen molar-refractivity contribution in [3.63, 3.8) is 0 Å². The Morgan fingerprint density at radius 1 is 1.47 bits per heavy atom. The Kier molecular flexibility index (Phi) is 5.50. The van der Waals surface area contributed by atoms with Crippen molar-refractivity contribution < 1.29 is 0 Å². The maximum atomic E-state index is 9.02. The summed E-state index contributed by atoms with van der Waals surface area (Å²) in [5.74, 6) is 0.794. The number of allylic oxidation sites excluding steroid dienone is 3. The molecule has 0 spiro atoms. The fraction of sp³-hybridized carbons (Fsp3) is 0.600. The van der Waals surface area contributed by atoms with Crippen LogP contribution in [0.5, 0.6) is 0 Å². The average molecular weight is 228 g/mol. The first-order valence-corrected chi connectivity index (χ1v) is 6.44. The van der Waals surface area contributed by atoms with Crippen LogP contribution in [0.2, 0.25) is 0 Å². The van der Waals surface area contributed by atoms with Crippen LogP contribution in [-0.4, -0.2) is 0 Å². The van der Waals surface area contributed by atoms with E-state index in [9.17, 15) is 0 Å². The zero-order valence-electron chi connectivity index (χ0n) is 10.6. The van der Waals surface area contributed by atoms with Gasteiger partial charge in [0, 0.05) is 0 Å². The highest BCUT2D eigenvalue weighted by Gasteiger charge is 2.27. The van der Waals surface area contributed by atoms with Crippen LogP contribution < -0.4 is 0 Å². The van der Waals surface area contributed by atoms with E-state index in [0.717, 1.165) is 37.7 Å². The van der Waals surface area contributed by atoms with Gasteiger partial charge in [0.05, 0.1) is 0 Å². The van der Waals surface area contributed by atoms with Crippen LogP contribution >= 0.6 is 0 Å². The minimum absolute atomic E-state index is 0.345. The first-order valence-electron chi connectivity index (χ1n) is 6.44. The Balaban J connectivity index is 3.02. The molecule has 1 saturated carbocycles. The first kappa shape index (κ1) is 13.5. The summed E-state index contributed by atoms with van der Waals surface area (Å²) in [6, 6.07) is 4.11. The predicted molar refractivity (Wildman–Crippen MR) is 68.8 cm³/mol. The smallest absolute Gasteiger partial charge is 0.129 e. The topological polar surface area (TPSA) is 47.6 Å². The van der Waals surface area contributed by atoms with E-state index >= 15 is 0 Å². The van der Waals surface area contributed by atoms with E-state index in [4.69, 9.17) is 10.5 Å². The van der Waals surface area contributed by atoms with Crippen LogP contribution in [0.4, 0.5) is 0 Å². The van der Waals surface area contributed by atoms with Gasteiger partial charge in [0.25, 0.3) is 0 Å². The van der Waals surface area contributed by atoms with Crippen LogP contribution in [0.25, 0.3) is 0 Å². The molecule has 1 aliphatic rings. The molecule has 17 heavy (non-hydrogen) atoms. The van der Waals surface area contributed by atoms with Gasteiger partial charge >= 0.3 is 0 Å². The lowest BCUT2D eigenvalue weighted by Crippen LogP contribution is -2.20. The minimum atomic E-state index is 0.345. The van der Waals surface area contributed by atoms with Crippen LogP contribution in [0.15, 0.2) is 23.8 Å². The third-order valence-corrected chi connectivity index (χ3v) is 3.65. The van der Waals surface area contributed by atoms with Crippen molar-refractivity contribution in [3.8, 4) is 12.1 Å². The summed E-state index contributed by atoms with van der Waals surface area (Å²) >= 11 is 0. The maximum Gasteiger partial charge on any atom is 0.129 e. The molecule has 0 unspecified atom stereocenters. The normalized spacial score (nSPS) is 21.1. The first-order chi connectivity index (χ1) is 8.28. The summed E-state index contributed by atoms with van der Waals surface area (Å²) in [7, 11) is 0. The fourth-order valence-electron chi connectivity index (χ4n) is 2.81. The van der Waals surface area contributed by atoms with Gasteiger partial charge in [0.1, 0.15) is 17.7 Å². The summed E-state index contributed by atoms with van der Waals surface area (Å²) in [6.45, 7) is 6.08. The summed E-state index contributed by atoms with van der Waals surface area (Å²) in [5, 5.41) is 18.0. The molecule has 1 aliphatic carbocycles. The van der Waals surface area contributed by atoms with Gasteiger partial charge in [-0.2, -0.15) is 10.5 Å². The number of hydrogen-bond acceptors (Lipinski definition) is 2. The SMILES string of the molecule is C=C[C@@H](CCC)[C@@H]1CCCCC1=C(C#N)C#N. The van der Waals surface area contributed by atoms with E-state index in [1.165, 1.54) is 6.42 Å². The van der Waals surface area contributed by atoms with Gasteiger partial charge in [-0.1, -0.05) is 25.8 Å². The highest BCUT2D eigenvalue weighted by molar-refractivity contribution is 5.42. The number of nitrogens with zero attached hydrogens (tertiary/aromatic N) is 2. The molecular formula is C15H20N2. The van der Waals surface area contributed by atoms with Crippen molar-refractivity contribution in [1.82, 2.24) is 0 Å². The van der Waals surface area contributed by atoms with E-state index < -0.39 is 0 Å². The molecule has 1 rings (SSSR count). The van der Waals surface area contributed by atoms with Gasteiger partial charge in [-0.15, -0.1) is 6.58 Å².